The number of ether oxygens (including phenoxy) is 2. The van der Waals surface area contributed by atoms with Gasteiger partial charge in [-0.2, -0.15) is 0 Å². The van der Waals surface area contributed by atoms with Crippen molar-refractivity contribution in [3.05, 3.63) is 23.8 Å². The summed E-state index contributed by atoms with van der Waals surface area (Å²) in [4.78, 5) is 0. The first kappa shape index (κ1) is 12.8. The summed E-state index contributed by atoms with van der Waals surface area (Å²) in [7, 11) is 0. The van der Waals surface area contributed by atoms with E-state index >= 15 is 0 Å². The van der Waals surface area contributed by atoms with Crippen molar-refractivity contribution in [1.82, 2.24) is 5.32 Å². The first-order valence-corrected chi connectivity index (χ1v) is 7.45. The maximum absolute atomic E-state index is 5.71. The minimum absolute atomic E-state index is 0.324. The van der Waals surface area contributed by atoms with E-state index in [-0.39, 0.29) is 0 Å². The second-order valence-corrected chi connectivity index (χ2v) is 5.67. The second kappa shape index (κ2) is 5.41. The molecule has 0 unspecified atom stereocenters. The standard InChI is InChI=1S/C16H23NO2/c1-2-8-17-12-16(6-3-7-16)13-4-5-14-15(11-13)19-10-9-18-14/h4-5,11,17H,2-3,6-10,12H2,1H3. The summed E-state index contributed by atoms with van der Waals surface area (Å²) in [6.07, 6.45) is 5.09. The molecule has 0 atom stereocenters. The van der Waals surface area contributed by atoms with E-state index in [1.165, 1.54) is 31.2 Å². The third-order valence-electron chi connectivity index (χ3n) is 4.36. The topological polar surface area (TPSA) is 30.5 Å². The van der Waals surface area contributed by atoms with E-state index in [1.807, 2.05) is 0 Å². The lowest BCUT2D eigenvalue weighted by Gasteiger charge is -2.43. The zero-order valence-electron chi connectivity index (χ0n) is 11.7. The van der Waals surface area contributed by atoms with Crippen LogP contribution in [0.1, 0.15) is 38.2 Å². The van der Waals surface area contributed by atoms with Crippen LogP contribution in [-0.4, -0.2) is 26.3 Å². The largest absolute Gasteiger partial charge is 0.486 e. The highest BCUT2D eigenvalue weighted by atomic mass is 16.6. The third-order valence-corrected chi connectivity index (χ3v) is 4.36. The van der Waals surface area contributed by atoms with Gasteiger partial charge in [0.2, 0.25) is 0 Å². The smallest absolute Gasteiger partial charge is 0.161 e. The zero-order valence-corrected chi connectivity index (χ0v) is 11.7. The van der Waals surface area contributed by atoms with Gasteiger partial charge in [-0.3, -0.25) is 0 Å². The van der Waals surface area contributed by atoms with Crippen LogP contribution in [-0.2, 0) is 5.41 Å². The Kier molecular flexibility index (Phi) is 3.65. The summed E-state index contributed by atoms with van der Waals surface area (Å²) < 4.78 is 11.3. The average Bonchev–Trinajstić information content (AvgIpc) is 2.41. The minimum atomic E-state index is 0.324. The van der Waals surface area contributed by atoms with Gasteiger partial charge < -0.3 is 14.8 Å². The number of benzene rings is 1. The van der Waals surface area contributed by atoms with Gasteiger partial charge in [0.1, 0.15) is 13.2 Å². The van der Waals surface area contributed by atoms with E-state index in [1.54, 1.807) is 0 Å². The maximum atomic E-state index is 5.71. The quantitative estimate of drug-likeness (QED) is 0.827. The van der Waals surface area contributed by atoms with Crippen molar-refractivity contribution in [3.63, 3.8) is 0 Å². The van der Waals surface area contributed by atoms with E-state index in [2.05, 4.69) is 30.4 Å². The highest BCUT2D eigenvalue weighted by Gasteiger charge is 2.38. The maximum Gasteiger partial charge on any atom is 0.161 e. The van der Waals surface area contributed by atoms with Gasteiger partial charge in [0.15, 0.2) is 11.5 Å². The molecule has 1 aliphatic carbocycles. The van der Waals surface area contributed by atoms with Gasteiger partial charge >= 0.3 is 0 Å². The molecule has 3 rings (SSSR count). The molecule has 0 aromatic heterocycles. The van der Waals surface area contributed by atoms with Gasteiger partial charge in [-0.05, 0) is 43.5 Å². The number of hydrogen-bond donors (Lipinski definition) is 1. The van der Waals surface area contributed by atoms with Crippen LogP contribution in [0.25, 0.3) is 0 Å². The molecule has 0 saturated heterocycles. The summed E-state index contributed by atoms with van der Waals surface area (Å²) in [5.74, 6) is 1.82. The highest BCUT2D eigenvalue weighted by molar-refractivity contribution is 5.46. The molecule has 3 nitrogen and oxygen atoms in total. The van der Waals surface area contributed by atoms with Crippen LogP contribution >= 0.6 is 0 Å². The van der Waals surface area contributed by atoms with Crippen molar-refractivity contribution >= 4 is 0 Å². The Morgan fingerprint density at radius 2 is 1.95 bits per heavy atom. The molecule has 19 heavy (non-hydrogen) atoms. The number of rotatable bonds is 5. The van der Waals surface area contributed by atoms with Crippen LogP contribution in [0.3, 0.4) is 0 Å². The van der Waals surface area contributed by atoms with Crippen LogP contribution in [0.15, 0.2) is 18.2 Å². The molecular weight excluding hydrogens is 238 g/mol. The molecule has 1 heterocycles. The first-order chi connectivity index (χ1) is 9.34. The van der Waals surface area contributed by atoms with Crippen LogP contribution in [0.4, 0.5) is 0 Å². The molecular formula is C16H23NO2. The summed E-state index contributed by atoms with van der Waals surface area (Å²) in [6, 6.07) is 6.49. The molecule has 3 heteroatoms. The fraction of sp³-hybridized carbons (Fsp3) is 0.625. The number of hydrogen-bond acceptors (Lipinski definition) is 3. The van der Waals surface area contributed by atoms with E-state index in [9.17, 15) is 0 Å². The van der Waals surface area contributed by atoms with Crippen molar-refractivity contribution in [2.45, 2.75) is 38.0 Å². The molecule has 104 valence electrons. The lowest BCUT2D eigenvalue weighted by Crippen LogP contribution is -2.44. The molecule has 2 aliphatic rings. The molecule has 1 fully saturated rings. The summed E-state index contributed by atoms with van der Waals surface area (Å²) in [5.41, 5.74) is 1.73. The minimum Gasteiger partial charge on any atom is -0.486 e. The monoisotopic (exact) mass is 261 g/mol. The van der Waals surface area contributed by atoms with Gasteiger partial charge in [-0.15, -0.1) is 0 Å². The average molecular weight is 261 g/mol. The van der Waals surface area contributed by atoms with Gasteiger partial charge in [-0.25, -0.2) is 0 Å². The van der Waals surface area contributed by atoms with Crippen LogP contribution in [0.5, 0.6) is 11.5 Å². The summed E-state index contributed by atoms with van der Waals surface area (Å²) in [6.45, 7) is 5.73. The molecule has 0 amide bonds. The third kappa shape index (κ3) is 2.44. The van der Waals surface area contributed by atoms with Crippen molar-refractivity contribution in [1.29, 1.82) is 0 Å². The molecule has 0 spiro atoms. The Morgan fingerprint density at radius 3 is 2.63 bits per heavy atom. The Balaban J connectivity index is 1.79. The fourth-order valence-corrected chi connectivity index (χ4v) is 3.05. The van der Waals surface area contributed by atoms with Gasteiger partial charge in [0.05, 0.1) is 0 Å². The molecule has 0 radical (unpaired) electrons. The van der Waals surface area contributed by atoms with E-state index in [4.69, 9.17) is 9.47 Å². The summed E-state index contributed by atoms with van der Waals surface area (Å²) >= 11 is 0. The SMILES string of the molecule is CCCNCC1(c2ccc3c(c2)OCCO3)CCC1. The number of nitrogens with one attached hydrogen (secondary N) is 1. The van der Waals surface area contributed by atoms with Gasteiger partial charge in [0.25, 0.3) is 0 Å². The van der Waals surface area contributed by atoms with E-state index < -0.39 is 0 Å². The second-order valence-electron chi connectivity index (χ2n) is 5.67. The Morgan fingerprint density at radius 1 is 1.16 bits per heavy atom. The number of fused-ring (bicyclic) bond motifs is 1. The molecule has 1 aliphatic heterocycles. The van der Waals surface area contributed by atoms with Crippen LogP contribution < -0.4 is 14.8 Å². The van der Waals surface area contributed by atoms with Crippen molar-refractivity contribution in [3.8, 4) is 11.5 Å². The molecule has 1 aromatic rings. The fourth-order valence-electron chi connectivity index (χ4n) is 3.05. The van der Waals surface area contributed by atoms with Crippen LogP contribution in [0.2, 0.25) is 0 Å². The summed E-state index contributed by atoms with van der Waals surface area (Å²) in [5, 5.41) is 3.58. The van der Waals surface area contributed by atoms with Crippen molar-refractivity contribution in [2.75, 3.05) is 26.3 Å². The predicted molar refractivity (Wildman–Crippen MR) is 76.1 cm³/mol. The van der Waals surface area contributed by atoms with Gasteiger partial charge in [0, 0.05) is 12.0 Å². The lowest BCUT2D eigenvalue weighted by atomic mass is 9.64. The molecule has 1 saturated carbocycles. The Labute approximate surface area is 115 Å². The van der Waals surface area contributed by atoms with Gasteiger partial charge in [-0.1, -0.05) is 19.4 Å². The highest BCUT2D eigenvalue weighted by Crippen LogP contribution is 2.45. The Bertz CT molecular complexity index is 440. The van der Waals surface area contributed by atoms with Crippen molar-refractivity contribution in [2.24, 2.45) is 0 Å². The molecule has 1 aromatic carbocycles. The van der Waals surface area contributed by atoms with Crippen LogP contribution in [0, 0.1) is 0 Å². The molecule has 0 bridgehead atoms. The zero-order chi connectivity index (χ0) is 13.1. The Hall–Kier alpha value is -1.22. The normalized spacial score (nSPS) is 19.8. The first-order valence-electron chi connectivity index (χ1n) is 7.45. The lowest BCUT2D eigenvalue weighted by molar-refractivity contribution is 0.169. The van der Waals surface area contributed by atoms with Crippen molar-refractivity contribution < 1.29 is 9.47 Å². The van der Waals surface area contributed by atoms with E-state index in [0.29, 0.717) is 18.6 Å². The predicted octanol–water partition coefficient (Wildman–Crippen LogP) is 2.88. The van der Waals surface area contributed by atoms with E-state index in [0.717, 1.165) is 24.6 Å². The molecule has 1 N–H and O–H groups in total.